The largest absolute Gasteiger partial charge is 0.397 e. The van der Waals surface area contributed by atoms with Gasteiger partial charge in [-0.15, -0.1) is 11.3 Å². The molecule has 1 aromatic carbocycles. The summed E-state index contributed by atoms with van der Waals surface area (Å²) in [6.45, 7) is 2.91. The number of carbonyl (C=O) groups is 1. The molecule has 1 amide bonds. The molecule has 112 valence electrons. The minimum Gasteiger partial charge on any atom is -0.397 e. The number of carbonyl (C=O) groups excluding carboxylic acids is 1. The zero-order valence-corrected chi connectivity index (χ0v) is 12.5. The number of fused-ring (bicyclic) bond motifs is 1. The Morgan fingerprint density at radius 2 is 2.29 bits per heavy atom. The molecular weight excluding hydrogens is 291 g/mol. The average molecular weight is 308 g/mol. The molecule has 0 aliphatic carbocycles. The van der Waals surface area contributed by atoms with Crippen molar-refractivity contribution in [3.05, 3.63) is 28.9 Å². The van der Waals surface area contributed by atoms with E-state index in [1.807, 2.05) is 6.92 Å². The van der Waals surface area contributed by atoms with E-state index in [9.17, 15) is 14.3 Å². The number of hydrogen-bond donors (Lipinski definition) is 2. The number of aliphatic hydroxyl groups excluding tert-OH is 1. The van der Waals surface area contributed by atoms with Crippen LogP contribution in [-0.2, 0) is 0 Å². The molecule has 0 radical (unpaired) electrons. The molecule has 0 saturated carbocycles. The van der Waals surface area contributed by atoms with E-state index >= 15 is 0 Å². The van der Waals surface area contributed by atoms with Gasteiger partial charge in [-0.3, -0.25) is 4.79 Å². The zero-order chi connectivity index (χ0) is 15.1. The number of piperidine rings is 1. The van der Waals surface area contributed by atoms with Gasteiger partial charge >= 0.3 is 0 Å². The summed E-state index contributed by atoms with van der Waals surface area (Å²) >= 11 is 1.22. The van der Waals surface area contributed by atoms with Crippen molar-refractivity contribution in [1.82, 2.24) is 4.90 Å². The average Bonchev–Trinajstić information content (AvgIpc) is 2.80. The van der Waals surface area contributed by atoms with Crippen molar-refractivity contribution in [2.24, 2.45) is 5.92 Å². The van der Waals surface area contributed by atoms with E-state index < -0.39 is 5.82 Å². The van der Waals surface area contributed by atoms with Crippen molar-refractivity contribution in [3.8, 4) is 0 Å². The van der Waals surface area contributed by atoms with E-state index in [4.69, 9.17) is 5.73 Å². The third-order valence-electron chi connectivity index (χ3n) is 4.04. The van der Waals surface area contributed by atoms with Gasteiger partial charge < -0.3 is 15.7 Å². The molecule has 1 saturated heterocycles. The highest BCUT2D eigenvalue weighted by Crippen LogP contribution is 2.36. The van der Waals surface area contributed by atoms with Crippen molar-refractivity contribution >= 4 is 33.0 Å². The standard InChI is InChI=1S/C15H17FN2O2S/c1-8-7-18(6-5-10(8)19)15(20)14-13(17)12-9(16)3-2-4-11(12)21-14/h2-4,8,10,19H,5-7,17H2,1H3. The predicted octanol–water partition coefficient (Wildman–Crippen LogP) is 2.47. The van der Waals surface area contributed by atoms with E-state index in [0.29, 0.717) is 34.5 Å². The molecule has 2 aromatic rings. The van der Waals surface area contributed by atoms with E-state index in [0.717, 1.165) is 0 Å². The Bertz CT molecular complexity index is 700. The molecule has 0 spiro atoms. The SMILES string of the molecule is CC1CN(C(=O)c2sc3cccc(F)c3c2N)CCC1O. The molecule has 3 rings (SSSR count). The van der Waals surface area contributed by atoms with Gasteiger partial charge in [-0.2, -0.15) is 0 Å². The number of amides is 1. The molecule has 1 aromatic heterocycles. The number of hydrogen-bond acceptors (Lipinski definition) is 4. The maximum Gasteiger partial charge on any atom is 0.266 e. The number of rotatable bonds is 1. The topological polar surface area (TPSA) is 66.6 Å². The highest BCUT2D eigenvalue weighted by atomic mass is 32.1. The van der Waals surface area contributed by atoms with Crippen molar-refractivity contribution in [2.45, 2.75) is 19.4 Å². The number of likely N-dealkylation sites (tertiary alicyclic amines) is 1. The number of halogens is 1. The summed E-state index contributed by atoms with van der Waals surface area (Å²) in [5.74, 6) is -0.537. The lowest BCUT2D eigenvalue weighted by Crippen LogP contribution is -2.44. The van der Waals surface area contributed by atoms with Crippen LogP contribution in [-0.4, -0.2) is 35.1 Å². The Kier molecular flexibility index (Phi) is 3.59. The Morgan fingerprint density at radius 1 is 1.52 bits per heavy atom. The number of anilines is 1. The van der Waals surface area contributed by atoms with Gasteiger partial charge in [0.1, 0.15) is 10.7 Å². The van der Waals surface area contributed by atoms with Crippen molar-refractivity contribution in [1.29, 1.82) is 0 Å². The number of aliphatic hydroxyl groups is 1. The fraction of sp³-hybridized carbons (Fsp3) is 0.400. The van der Waals surface area contributed by atoms with Gasteiger partial charge in [-0.05, 0) is 24.5 Å². The number of thiophene rings is 1. The first-order chi connectivity index (χ1) is 9.99. The molecule has 0 bridgehead atoms. The van der Waals surface area contributed by atoms with Crippen LogP contribution < -0.4 is 5.73 Å². The van der Waals surface area contributed by atoms with Crippen LogP contribution in [0.2, 0.25) is 0 Å². The molecule has 4 nitrogen and oxygen atoms in total. The second-order valence-corrected chi connectivity index (χ2v) is 6.59. The quantitative estimate of drug-likeness (QED) is 0.850. The second-order valence-electron chi connectivity index (χ2n) is 5.54. The molecule has 2 atom stereocenters. The highest BCUT2D eigenvalue weighted by Gasteiger charge is 2.30. The zero-order valence-electron chi connectivity index (χ0n) is 11.7. The van der Waals surface area contributed by atoms with Crippen LogP contribution >= 0.6 is 11.3 Å². The summed E-state index contributed by atoms with van der Waals surface area (Å²) in [4.78, 5) is 14.7. The Hall–Kier alpha value is -1.66. The molecule has 1 aliphatic rings. The maximum atomic E-state index is 13.8. The van der Waals surface area contributed by atoms with Gasteiger partial charge in [0.25, 0.3) is 5.91 Å². The summed E-state index contributed by atoms with van der Waals surface area (Å²) in [6, 6.07) is 4.72. The number of nitrogen functional groups attached to an aromatic ring is 1. The lowest BCUT2D eigenvalue weighted by molar-refractivity contribution is 0.0301. The molecule has 2 unspecified atom stereocenters. The van der Waals surface area contributed by atoms with E-state index in [2.05, 4.69) is 0 Å². The molecule has 1 aliphatic heterocycles. The summed E-state index contributed by atoms with van der Waals surface area (Å²) in [5.41, 5.74) is 6.20. The van der Waals surface area contributed by atoms with E-state index in [1.165, 1.54) is 17.4 Å². The van der Waals surface area contributed by atoms with Crippen molar-refractivity contribution in [3.63, 3.8) is 0 Å². The van der Waals surface area contributed by atoms with Crippen LogP contribution in [0.3, 0.4) is 0 Å². The minimum atomic E-state index is -0.400. The molecule has 2 heterocycles. The number of nitrogens with zero attached hydrogens (tertiary/aromatic N) is 1. The Morgan fingerprint density at radius 3 is 2.95 bits per heavy atom. The minimum absolute atomic E-state index is 0.0371. The number of benzene rings is 1. The van der Waals surface area contributed by atoms with Crippen LogP contribution in [0.1, 0.15) is 23.0 Å². The fourth-order valence-electron chi connectivity index (χ4n) is 2.75. The van der Waals surface area contributed by atoms with Crippen LogP contribution in [0.15, 0.2) is 18.2 Å². The second kappa shape index (κ2) is 5.27. The summed E-state index contributed by atoms with van der Waals surface area (Å²) in [5, 5.41) is 10.1. The third-order valence-corrected chi connectivity index (χ3v) is 5.20. The summed E-state index contributed by atoms with van der Waals surface area (Å²) in [7, 11) is 0. The molecule has 3 N–H and O–H groups in total. The van der Waals surface area contributed by atoms with Crippen molar-refractivity contribution in [2.75, 3.05) is 18.8 Å². The summed E-state index contributed by atoms with van der Waals surface area (Å²) < 4.78 is 14.5. The van der Waals surface area contributed by atoms with Crippen LogP contribution in [0, 0.1) is 11.7 Å². The fourth-order valence-corrected chi connectivity index (χ4v) is 3.85. The van der Waals surface area contributed by atoms with Gasteiger partial charge in [0.15, 0.2) is 0 Å². The van der Waals surface area contributed by atoms with Gasteiger partial charge in [0.05, 0.1) is 17.2 Å². The van der Waals surface area contributed by atoms with Gasteiger partial charge in [-0.25, -0.2) is 4.39 Å². The summed E-state index contributed by atoms with van der Waals surface area (Å²) in [6.07, 6.45) is 0.192. The van der Waals surface area contributed by atoms with Crippen LogP contribution in [0.4, 0.5) is 10.1 Å². The van der Waals surface area contributed by atoms with Gasteiger partial charge in [0.2, 0.25) is 0 Å². The lowest BCUT2D eigenvalue weighted by Gasteiger charge is -2.34. The van der Waals surface area contributed by atoms with Crippen molar-refractivity contribution < 1.29 is 14.3 Å². The Balaban J connectivity index is 1.95. The van der Waals surface area contributed by atoms with Gasteiger partial charge in [-0.1, -0.05) is 13.0 Å². The van der Waals surface area contributed by atoms with Gasteiger partial charge in [0, 0.05) is 17.8 Å². The molecular formula is C15H17FN2O2S. The number of nitrogens with two attached hydrogens (primary N) is 1. The van der Waals surface area contributed by atoms with Crippen LogP contribution in [0.25, 0.3) is 10.1 Å². The molecule has 6 heteroatoms. The first-order valence-electron chi connectivity index (χ1n) is 6.93. The maximum absolute atomic E-state index is 13.8. The third kappa shape index (κ3) is 2.38. The first-order valence-corrected chi connectivity index (χ1v) is 7.74. The van der Waals surface area contributed by atoms with Crippen LogP contribution in [0.5, 0.6) is 0 Å². The lowest BCUT2D eigenvalue weighted by atomic mass is 9.96. The monoisotopic (exact) mass is 308 g/mol. The molecule has 1 fully saturated rings. The Labute approximate surface area is 126 Å². The smallest absolute Gasteiger partial charge is 0.266 e. The highest BCUT2D eigenvalue weighted by molar-refractivity contribution is 7.21. The predicted molar refractivity (Wildman–Crippen MR) is 81.9 cm³/mol. The van der Waals surface area contributed by atoms with E-state index in [-0.39, 0.29) is 23.6 Å². The van der Waals surface area contributed by atoms with E-state index in [1.54, 1.807) is 17.0 Å². The normalized spacial score (nSPS) is 22.7. The molecule has 21 heavy (non-hydrogen) atoms. The first kappa shape index (κ1) is 14.3.